The van der Waals surface area contributed by atoms with E-state index >= 15 is 0 Å². The van der Waals surface area contributed by atoms with Crippen LogP contribution >= 0.6 is 12.4 Å². The molecule has 27 heavy (non-hydrogen) atoms. The second-order valence-electron chi connectivity index (χ2n) is 7.12. The van der Waals surface area contributed by atoms with Crippen molar-refractivity contribution in [1.82, 2.24) is 15.4 Å². The summed E-state index contributed by atoms with van der Waals surface area (Å²) >= 11 is 0. The Balaban J connectivity index is 0.00000261. The Kier molecular flexibility index (Phi) is 7.64. The van der Waals surface area contributed by atoms with E-state index in [9.17, 15) is 13.2 Å². The smallest absolute Gasteiger partial charge is 0.240 e. The molecule has 1 saturated heterocycles. The number of carbonyl (C=O) groups excluding carboxylic acids is 1. The maximum atomic E-state index is 12.4. The number of hydrogen-bond donors (Lipinski definition) is 3. The van der Waals surface area contributed by atoms with Gasteiger partial charge in [0.15, 0.2) is 0 Å². The van der Waals surface area contributed by atoms with E-state index in [4.69, 9.17) is 4.74 Å². The fourth-order valence-corrected chi connectivity index (χ4v) is 4.78. The number of sulfonamides is 1. The molecule has 0 aromatic heterocycles. The van der Waals surface area contributed by atoms with Crippen LogP contribution in [0.4, 0.5) is 0 Å². The number of nitrogens with one attached hydrogen (secondary N) is 3. The molecule has 152 valence electrons. The van der Waals surface area contributed by atoms with E-state index < -0.39 is 10.0 Å². The first kappa shape index (κ1) is 22.1. The molecule has 1 aromatic carbocycles. The second-order valence-corrected chi connectivity index (χ2v) is 8.89. The predicted octanol–water partition coefficient (Wildman–Crippen LogP) is 1.04. The van der Waals surface area contributed by atoms with Gasteiger partial charge in [0.2, 0.25) is 15.9 Å². The molecule has 1 saturated carbocycles. The van der Waals surface area contributed by atoms with Gasteiger partial charge in [-0.25, -0.2) is 13.1 Å². The van der Waals surface area contributed by atoms with Gasteiger partial charge in [0, 0.05) is 26.1 Å². The number of amides is 1. The molecule has 1 amide bonds. The summed E-state index contributed by atoms with van der Waals surface area (Å²) in [5, 5.41) is 6.30. The molecular weight excluding hydrogens is 390 g/mol. The molecule has 1 spiro atoms. The minimum atomic E-state index is -3.57. The van der Waals surface area contributed by atoms with Crippen LogP contribution in [0.3, 0.4) is 0 Å². The molecule has 1 unspecified atom stereocenters. The molecule has 3 N–H and O–H groups in total. The molecule has 1 atom stereocenters. The molecule has 0 radical (unpaired) electrons. The third-order valence-corrected chi connectivity index (χ3v) is 6.84. The van der Waals surface area contributed by atoms with E-state index in [1.54, 1.807) is 18.2 Å². The van der Waals surface area contributed by atoms with Gasteiger partial charge in [0.05, 0.1) is 11.5 Å². The first-order chi connectivity index (χ1) is 12.5. The van der Waals surface area contributed by atoms with Crippen molar-refractivity contribution in [1.29, 1.82) is 0 Å². The van der Waals surface area contributed by atoms with Crippen molar-refractivity contribution in [2.75, 3.05) is 33.4 Å². The normalized spacial score (nSPS) is 20.7. The summed E-state index contributed by atoms with van der Waals surface area (Å²) in [5.41, 5.74) is 0.971. The third kappa shape index (κ3) is 5.42. The highest BCUT2D eigenvalue weighted by atomic mass is 35.5. The molecular formula is C18H28ClN3O4S. The van der Waals surface area contributed by atoms with Crippen molar-refractivity contribution in [3.63, 3.8) is 0 Å². The van der Waals surface area contributed by atoms with Gasteiger partial charge in [-0.15, -0.1) is 12.4 Å². The summed E-state index contributed by atoms with van der Waals surface area (Å²) in [5.74, 6) is 0.186. The average Bonchev–Trinajstić information content (AvgIpc) is 3.33. The molecule has 1 aliphatic heterocycles. The Bertz CT molecular complexity index is 751. The summed E-state index contributed by atoms with van der Waals surface area (Å²) in [6.45, 7) is 2.84. The fourth-order valence-electron chi connectivity index (χ4n) is 3.69. The molecule has 1 heterocycles. The van der Waals surface area contributed by atoms with E-state index in [1.165, 1.54) is 7.11 Å². The van der Waals surface area contributed by atoms with E-state index in [1.807, 2.05) is 6.07 Å². The number of methoxy groups -OCH3 is 1. The van der Waals surface area contributed by atoms with Crippen molar-refractivity contribution < 1.29 is 17.9 Å². The number of piperidine rings is 1. The maximum absolute atomic E-state index is 12.4. The zero-order chi connectivity index (χ0) is 18.6. The molecule has 1 aliphatic carbocycles. The Morgan fingerprint density at radius 2 is 2.07 bits per heavy atom. The maximum Gasteiger partial charge on any atom is 0.240 e. The van der Waals surface area contributed by atoms with Crippen molar-refractivity contribution in [2.45, 2.75) is 30.7 Å². The Morgan fingerprint density at radius 1 is 1.33 bits per heavy atom. The molecule has 9 heteroatoms. The van der Waals surface area contributed by atoms with E-state index in [2.05, 4.69) is 15.4 Å². The highest BCUT2D eigenvalue weighted by Gasteiger charge is 2.57. The van der Waals surface area contributed by atoms with Gasteiger partial charge in [0.1, 0.15) is 0 Å². The fraction of sp³-hybridized carbons (Fsp3) is 0.611. The van der Waals surface area contributed by atoms with Crippen LogP contribution in [0.2, 0.25) is 0 Å². The van der Waals surface area contributed by atoms with Crippen LogP contribution in [-0.2, 0) is 26.1 Å². The zero-order valence-corrected chi connectivity index (χ0v) is 17.1. The monoisotopic (exact) mass is 417 g/mol. The highest BCUT2D eigenvalue weighted by molar-refractivity contribution is 7.89. The average molecular weight is 418 g/mol. The Labute approximate surface area is 167 Å². The lowest BCUT2D eigenvalue weighted by molar-refractivity contribution is -0.123. The van der Waals surface area contributed by atoms with Crippen molar-refractivity contribution in [3.05, 3.63) is 29.8 Å². The molecule has 2 aliphatic rings. The van der Waals surface area contributed by atoms with Crippen LogP contribution in [0.25, 0.3) is 0 Å². The van der Waals surface area contributed by atoms with Gasteiger partial charge in [-0.2, -0.15) is 0 Å². The molecule has 7 nitrogen and oxygen atoms in total. The Hall–Kier alpha value is -1.19. The number of carbonyl (C=O) groups is 1. The van der Waals surface area contributed by atoms with Gasteiger partial charge in [-0.05, 0) is 55.5 Å². The number of rotatable bonds is 8. The largest absolute Gasteiger partial charge is 0.383 e. The number of ether oxygens (including phenoxy) is 1. The van der Waals surface area contributed by atoms with E-state index in [-0.39, 0.29) is 41.1 Å². The van der Waals surface area contributed by atoms with Crippen molar-refractivity contribution in [2.24, 2.45) is 11.3 Å². The van der Waals surface area contributed by atoms with Crippen molar-refractivity contribution >= 4 is 28.3 Å². The van der Waals surface area contributed by atoms with Crippen LogP contribution in [-0.4, -0.2) is 47.7 Å². The first-order valence-corrected chi connectivity index (χ1v) is 10.5. The van der Waals surface area contributed by atoms with Crippen LogP contribution in [0, 0.1) is 11.3 Å². The highest BCUT2D eigenvalue weighted by Crippen LogP contribution is 2.58. The summed E-state index contributed by atoms with van der Waals surface area (Å²) in [7, 11) is -2.05. The summed E-state index contributed by atoms with van der Waals surface area (Å²) in [6.07, 6.45) is 3.09. The molecule has 3 rings (SSSR count). The van der Waals surface area contributed by atoms with Crippen LogP contribution in [0.1, 0.15) is 24.8 Å². The van der Waals surface area contributed by atoms with Gasteiger partial charge in [-0.3, -0.25) is 4.79 Å². The standard InChI is InChI=1S/C18H27N3O4S.ClH/c1-25-10-9-21-26(23,24)15-4-2-3-14(11-15)13-20-17(22)16-12-18(16)5-7-19-8-6-18;/h2-4,11,16,19,21H,5-10,12-13H2,1H3,(H,20,22);1H. The van der Waals surface area contributed by atoms with Gasteiger partial charge in [-0.1, -0.05) is 12.1 Å². The SMILES string of the molecule is COCCNS(=O)(=O)c1cccc(CNC(=O)C2CC23CCNCC3)c1.Cl. The predicted molar refractivity (Wildman–Crippen MR) is 105 cm³/mol. The summed E-state index contributed by atoms with van der Waals surface area (Å²) < 4.78 is 31.9. The van der Waals surface area contributed by atoms with Crippen LogP contribution < -0.4 is 15.4 Å². The summed E-state index contributed by atoms with van der Waals surface area (Å²) in [4.78, 5) is 12.6. The quantitative estimate of drug-likeness (QED) is 0.549. The lowest BCUT2D eigenvalue weighted by Gasteiger charge is -2.23. The summed E-state index contributed by atoms with van der Waals surface area (Å²) in [6, 6.07) is 6.66. The molecule has 0 bridgehead atoms. The van der Waals surface area contributed by atoms with Gasteiger partial charge < -0.3 is 15.4 Å². The van der Waals surface area contributed by atoms with Crippen LogP contribution in [0.15, 0.2) is 29.2 Å². The molecule has 2 fully saturated rings. The van der Waals surface area contributed by atoms with Crippen molar-refractivity contribution in [3.8, 4) is 0 Å². The molecule has 1 aromatic rings. The number of halogens is 1. The lowest BCUT2D eigenvalue weighted by atomic mass is 9.92. The number of hydrogen-bond acceptors (Lipinski definition) is 5. The van der Waals surface area contributed by atoms with Crippen LogP contribution in [0.5, 0.6) is 0 Å². The van der Waals surface area contributed by atoms with E-state index in [0.29, 0.717) is 13.2 Å². The first-order valence-electron chi connectivity index (χ1n) is 9.03. The topological polar surface area (TPSA) is 96.5 Å². The number of benzene rings is 1. The van der Waals surface area contributed by atoms with Gasteiger partial charge >= 0.3 is 0 Å². The van der Waals surface area contributed by atoms with Gasteiger partial charge in [0.25, 0.3) is 0 Å². The third-order valence-electron chi connectivity index (χ3n) is 5.38. The second kappa shape index (κ2) is 9.34. The lowest BCUT2D eigenvalue weighted by Crippen LogP contribution is -2.33. The Morgan fingerprint density at radius 3 is 2.78 bits per heavy atom. The zero-order valence-electron chi connectivity index (χ0n) is 15.5. The minimum Gasteiger partial charge on any atom is -0.383 e. The minimum absolute atomic E-state index is 0. The van der Waals surface area contributed by atoms with E-state index in [0.717, 1.165) is 37.9 Å².